The minimum atomic E-state index is -0.296. The van der Waals surface area contributed by atoms with Crippen molar-refractivity contribution >= 4 is 17.4 Å². The van der Waals surface area contributed by atoms with E-state index < -0.39 is 0 Å². The maximum absolute atomic E-state index is 9.07. The highest BCUT2D eigenvalue weighted by molar-refractivity contribution is 6.34. The van der Waals surface area contributed by atoms with Gasteiger partial charge in [0.1, 0.15) is 16.9 Å². The van der Waals surface area contributed by atoms with Crippen LogP contribution in [0.5, 0.6) is 0 Å². The topological polar surface area (TPSA) is 68.9 Å². The van der Waals surface area contributed by atoms with Gasteiger partial charge in [-0.2, -0.15) is 5.26 Å². The lowest BCUT2D eigenvalue weighted by molar-refractivity contribution is 0.183. The molecule has 1 unspecified atom stereocenters. The molecular weight excluding hydrogens is 226 g/mol. The first-order valence-corrected chi connectivity index (χ1v) is 5.49. The Morgan fingerprint density at radius 3 is 3.06 bits per heavy atom. The van der Waals surface area contributed by atoms with Crippen LogP contribution in [-0.4, -0.2) is 22.7 Å². The second-order valence-corrected chi connectivity index (χ2v) is 3.93. The molecule has 4 nitrogen and oxygen atoms in total. The van der Waals surface area contributed by atoms with Gasteiger partial charge in [-0.3, -0.25) is 0 Å². The monoisotopic (exact) mass is 239 g/mol. The highest BCUT2D eigenvalue weighted by Gasteiger charge is 2.06. The molecule has 0 spiro atoms. The number of anilines is 1. The van der Waals surface area contributed by atoms with Gasteiger partial charge in [-0.05, 0) is 25.8 Å². The van der Waals surface area contributed by atoms with Crippen LogP contribution in [0.15, 0.2) is 12.3 Å². The fourth-order valence-electron chi connectivity index (χ4n) is 1.26. The van der Waals surface area contributed by atoms with Crippen molar-refractivity contribution in [2.24, 2.45) is 0 Å². The molecule has 1 heterocycles. The summed E-state index contributed by atoms with van der Waals surface area (Å²) in [6, 6.07) is 3.57. The first kappa shape index (κ1) is 12.8. The molecule has 0 amide bonds. The highest BCUT2D eigenvalue weighted by Crippen LogP contribution is 2.22. The van der Waals surface area contributed by atoms with Gasteiger partial charge in [-0.25, -0.2) is 4.98 Å². The number of nitriles is 1. The Labute approximate surface area is 99.9 Å². The zero-order valence-corrected chi connectivity index (χ0v) is 9.83. The van der Waals surface area contributed by atoms with Crippen LogP contribution in [0.3, 0.4) is 0 Å². The van der Waals surface area contributed by atoms with E-state index in [-0.39, 0.29) is 6.10 Å². The van der Waals surface area contributed by atoms with E-state index in [1.165, 1.54) is 0 Å². The summed E-state index contributed by atoms with van der Waals surface area (Å²) >= 11 is 5.95. The fraction of sp³-hybridized carbons (Fsp3) is 0.455. The molecule has 1 aromatic heterocycles. The normalized spacial score (nSPS) is 11.9. The molecule has 0 aliphatic heterocycles. The first-order valence-electron chi connectivity index (χ1n) is 5.11. The molecule has 1 rings (SSSR count). The zero-order valence-electron chi connectivity index (χ0n) is 9.07. The number of pyridine rings is 1. The van der Waals surface area contributed by atoms with E-state index in [2.05, 4.69) is 10.3 Å². The van der Waals surface area contributed by atoms with E-state index in [0.717, 1.165) is 12.8 Å². The third kappa shape index (κ3) is 3.69. The molecule has 86 valence electrons. The number of aliphatic hydroxyl groups is 1. The third-order valence-electron chi connectivity index (χ3n) is 2.10. The highest BCUT2D eigenvalue weighted by atomic mass is 35.5. The summed E-state index contributed by atoms with van der Waals surface area (Å²) in [4.78, 5) is 4.05. The van der Waals surface area contributed by atoms with Crippen molar-refractivity contribution in [1.29, 1.82) is 5.26 Å². The van der Waals surface area contributed by atoms with Gasteiger partial charge < -0.3 is 10.4 Å². The lowest BCUT2D eigenvalue weighted by Gasteiger charge is -2.08. The van der Waals surface area contributed by atoms with E-state index in [9.17, 15) is 0 Å². The average Bonchev–Trinajstić information content (AvgIpc) is 2.26. The summed E-state index contributed by atoms with van der Waals surface area (Å²) in [5.74, 6) is 0.520. The number of hydrogen-bond donors (Lipinski definition) is 2. The SMILES string of the molecule is CC(O)CCCNc1nccc(C#N)c1Cl. The van der Waals surface area contributed by atoms with Crippen molar-refractivity contribution < 1.29 is 5.11 Å². The zero-order chi connectivity index (χ0) is 12.0. The Morgan fingerprint density at radius 2 is 2.44 bits per heavy atom. The van der Waals surface area contributed by atoms with E-state index in [1.807, 2.05) is 6.07 Å². The standard InChI is InChI=1S/C11H14ClN3O/c1-8(16)3-2-5-14-11-10(12)9(7-13)4-6-15-11/h4,6,8,16H,2-3,5H2,1H3,(H,14,15). The molecule has 2 N–H and O–H groups in total. The second kappa shape index (κ2) is 6.31. The molecule has 0 aromatic carbocycles. The Balaban J connectivity index is 2.52. The molecule has 5 heteroatoms. The van der Waals surface area contributed by atoms with Crippen molar-refractivity contribution in [3.63, 3.8) is 0 Å². The molecule has 0 fully saturated rings. The number of aliphatic hydroxyl groups excluding tert-OH is 1. The lowest BCUT2D eigenvalue weighted by Crippen LogP contribution is -2.08. The van der Waals surface area contributed by atoms with Gasteiger partial charge in [-0.1, -0.05) is 11.6 Å². The molecule has 0 aliphatic rings. The van der Waals surface area contributed by atoms with Crippen molar-refractivity contribution in [3.05, 3.63) is 22.8 Å². The summed E-state index contributed by atoms with van der Waals surface area (Å²) in [5, 5.41) is 21.2. The van der Waals surface area contributed by atoms with Crippen LogP contribution in [-0.2, 0) is 0 Å². The predicted molar refractivity (Wildman–Crippen MR) is 63.4 cm³/mol. The molecule has 0 radical (unpaired) electrons. The summed E-state index contributed by atoms with van der Waals surface area (Å²) < 4.78 is 0. The number of aromatic nitrogens is 1. The molecule has 1 aromatic rings. The molecule has 0 bridgehead atoms. The Hall–Kier alpha value is -1.31. The largest absolute Gasteiger partial charge is 0.393 e. The van der Waals surface area contributed by atoms with Crippen molar-refractivity contribution in [3.8, 4) is 6.07 Å². The minimum absolute atomic E-state index is 0.296. The third-order valence-corrected chi connectivity index (χ3v) is 2.48. The predicted octanol–water partition coefficient (Wildman–Crippen LogP) is 2.18. The average molecular weight is 240 g/mol. The quantitative estimate of drug-likeness (QED) is 0.773. The number of rotatable bonds is 5. The van der Waals surface area contributed by atoms with E-state index in [0.29, 0.717) is 22.9 Å². The van der Waals surface area contributed by atoms with Crippen molar-refractivity contribution in [2.45, 2.75) is 25.9 Å². The van der Waals surface area contributed by atoms with Crippen LogP contribution < -0.4 is 5.32 Å². The summed E-state index contributed by atoms with van der Waals surface area (Å²) in [5.41, 5.74) is 0.412. The maximum atomic E-state index is 9.07. The van der Waals surface area contributed by atoms with Gasteiger partial charge in [0.05, 0.1) is 11.7 Å². The Morgan fingerprint density at radius 1 is 1.69 bits per heavy atom. The van der Waals surface area contributed by atoms with E-state index >= 15 is 0 Å². The van der Waals surface area contributed by atoms with Crippen molar-refractivity contribution in [2.75, 3.05) is 11.9 Å². The van der Waals surface area contributed by atoms with Gasteiger partial charge >= 0.3 is 0 Å². The van der Waals surface area contributed by atoms with Crippen LogP contribution in [0, 0.1) is 11.3 Å². The number of nitrogens with one attached hydrogen (secondary N) is 1. The smallest absolute Gasteiger partial charge is 0.146 e. The Kier molecular flexibility index (Phi) is 5.03. The summed E-state index contributed by atoms with van der Waals surface area (Å²) in [6.07, 6.45) is 2.80. The van der Waals surface area contributed by atoms with Crippen LogP contribution in [0.1, 0.15) is 25.3 Å². The maximum Gasteiger partial charge on any atom is 0.146 e. The fourth-order valence-corrected chi connectivity index (χ4v) is 1.48. The molecular formula is C11H14ClN3O. The van der Waals surface area contributed by atoms with Crippen LogP contribution in [0.2, 0.25) is 5.02 Å². The lowest BCUT2D eigenvalue weighted by atomic mass is 10.2. The van der Waals surface area contributed by atoms with Crippen LogP contribution in [0.4, 0.5) is 5.82 Å². The first-order chi connectivity index (χ1) is 7.65. The Bertz CT molecular complexity index is 387. The molecule has 1 atom stereocenters. The number of hydrogen-bond acceptors (Lipinski definition) is 4. The summed E-state index contributed by atoms with van der Waals surface area (Å²) in [6.45, 7) is 2.42. The molecule has 0 aliphatic carbocycles. The number of nitrogens with zero attached hydrogens (tertiary/aromatic N) is 2. The van der Waals surface area contributed by atoms with Crippen molar-refractivity contribution in [1.82, 2.24) is 4.98 Å². The second-order valence-electron chi connectivity index (χ2n) is 3.55. The van der Waals surface area contributed by atoms with Gasteiger partial charge in [0.25, 0.3) is 0 Å². The molecule has 0 saturated carbocycles. The van der Waals surface area contributed by atoms with Gasteiger partial charge in [-0.15, -0.1) is 0 Å². The molecule has 0 saturated heterocycles. The van der Waals surface area contributed by atoms with Gasteiger partial charge in [0, 0.05) is 12.7 Å². The van der Waals surface area contributed by atoms with Crippen LogP contribution in [0.25, 0.3) is 0 Å². The minimum Gasteiger partial charge on any atom is -0.393 e. The number of halogens is 1. The molecule has 16 heavy (non-hydrogen) atoms. The van der Waals surface area contributed by atoms with Gasteiger partial charge in [0.2, 0.25) is 0 Å². The van der Waals surface area contributed by atoms with E-state index in [4.69, 9.17) is 22.0 Å². The summed E-state index contributed by atoms with van der Waals surface area (Å²) in [7, 11) is 0. The van der Waals surface area contributed by atoms with E-state index in [1.54, 1.807) is 19.2 Å². The van der Waals surface area contributed by atoms with Gasteiger partial charge in [0.15, 0.2) is 0 Å². The van der Waals surface area contributed by atoms with Crippen LogP contribution >= 0.6 is 11.6 Å².